The van der Waals surface area contributed by atoms with Gasteiger partial charge in [0.1, 0.15) is 0 Å². The van der Waals surface area contributed by atoms with Crippen LogP contribution in [0.5, 0.6) is 0 Å². The number of hydrogen-bond acceptors (Lipinski definition) is 4. The minimum absolute atomic E-state index is 0.0372. The van der Waals surface area contributed by atoms with Crippen molar-refractivity contribution < 1.29 is 4.79 Å². The zero-order valence-electron chi connectivity index (χ0n) is 14.7. The lowest BCUT2D eigenvalue weighted by atomic mass is 10.1. The Morgan fingerprint density at radius 2 is 2.25 bits per heavy atom. The van der Waals surface area contributed by atoms with Crippen molar-refractivity contribution >= 4 is 17.2 Å². The van der Waals surface area contributed by atoms with Gasteiger partial charge in [-0.3, -0.25) is 14.4 Å². The lowest BCUT2D eigenvalue weighted by Crippen LogP contribution is -2.39. The molecule has 0 bridgehead atoms. The summed E-state index contributed by atoms with van der Waals surface area (Å²) in [4.78, 5) is 17.0. The molecule has 1 amide bonds. The summed E-state index contributed by atoms with van der Waals surface area (Å²) in [7, 11) is 0. The summed E-state index contributed by atoms with van der Waals surface area (Å²) < 4.78 is 2.14. The monoisotopic (exact) mass is 346 g/mol. The van der Waals surface area contributed by atoms with E-state index in [-0.39, 0.29) is 11.8 Å². The second kappa shape index (κ2) is 7.49. The Kier molecular flexibility index (Phi) is 5.36. The third-order valence-corrected chi connectivity index (χ3v) is 5.41. The van der Waals surface area contributed by atoms with Crippen LogP contribution in [0.4, 0.5) is 0 Å². The average molecular weight is 347 g/mol. The van der Waals surface area contributed by atoms with Crippen LogP contribution < -0.4 is 5.32 Å². The molecule has 24 heavy (non-hydrogen) atoms. The van der Waals surface area contributed by atoms with Gasteiger partial charge in [-0.1, -0.05) is 13.8 Å². The molecule has 1 aliphatic rings. The fourth-order valence-electron chi connectivity index (χ4n) is 3.16. The Labute approximate surface area is 147 Å². The third-order valence-electron chi connectivity index (χ3n) is 4.43. The quantitative estimate of drug-likeness (QED) is 0.875. The van der Waals surface area contributed by atoms with E-state index in [0.717, 1.165) is 26.1 Å². The first kappa shape index (κ1) is 17.2. The highest BCUT2D eigenvalue weighted by Crippen LogP contribution is 2.26. The number of carbonyl (C=O) groups is 1. The number of aromatic nitrogens is 2. The third kappa shape index (κ3) is 4.05. The van der Waals surface area contributed by atoms with Crippen molar-refractivity contribution in [2.75, 3.05) is 13.1 Å². The summed E-state index contributed by atoms with van der Waals surface area (Å²) in [5, 5.41) is 7.52. The number of amides is 1. The summed E-state index contributed by atoms with van der Waals surface area (Å²) in [6, 6.07) is 6.83. The lowest BCUT2D eigenvalue weighted by Gasteiger charge is -2.33. The largest absolute Gasteiger partial charge is 0.356 e. The van der Waals surface area contributed by atoms with E-state index in [1.807, 2.05) is 31.4 Å². The van der Waals surface area contributed by atoms with Crippen LogP contribution in [0.3, 0.4) is 0 Å². The van der Waals surface area contributed by atoms with Crippen LogP contribution in [0.15, 0.2) is 24.4 Å². The number of rotatable bonds is 6. The Balaban J connectivity index is 1.62. The Hall–Kier alpha value is -1.66. The minimum atomic E-state index is 0.0372. The molecule has 1 N–H and O–H groups in total. The summed E-state index contributed by atoms with van der Waals surface area (Å²) in [5.41, 5.74) is 1.26. The molecule has 0 saturated carbocycles. The topological polar surface area (TPSA) is 50.2 Å². The van der Waals surface area contributed by atoms with Gasteiger partial charge in [0, 0.05) is 48.0 Å². The van der Waals surface area contributed by atoms with E-state index >= 15 is 0 Å². The fraction of sp³-hybridized carbons (Fsp3) is 0.556. The van der Waals surface area contributed by atoms with Gasteiger partial charge in [0.15, 0.2) is 0 Å². The molecule has 130 valence electrons. The van der Waals surface area contributed by atoms with Crippen LogP contribution in [-0.4, -0.2) is 33.7 Å². The average Bonchev–Trinajstić information content (AvgIpc) is 3.16. The van der Waals surface area contributed by atoms with Crippen LogP contribution in [0, 0.1) is 12.8 Å². The summed E-state index contributed by atoms with van der Waals surface area (Å²) in [6.07, 6.45) is 2.79. The maximum atomic E-state index is 11.7. The van der Waals surface area contributed by atoms with Crippen LogP contribution >= 0.6 is 11.3 Å². The van der Waals surface area contributed by atoms with E-state index in [1.54, 1.807) is 0 Å². The van der Waals surface area contributed by atoms with Gasteiger partial charge in [-0.2, -0.15) is 5.10 Å². The second-order valence-corrected chi connectivity index (χ2v) is 8.21. The highest BCUT2D eigenvalue weighted by Gasteiger charge is 2.25. The van der Waals surface area contributed by atoms with E-state index in [0.29, 0.717) is 12.6 Å². The first-order valence-electron chi connectivity index (χ1n) is 8.60. The molecule has 6 heteroatoms. The van der Waals surface area contributed by atoms with Crippen LogP contribution in [0.1, 0.15) is 41.8 Å². The van der Waals surface area contributed by atoms with Crippen LogP contribution in [-0.2, 0) is 17.9 Å². The highest BCUT2D eigenvalue weighted by molar-refractivity contribution is 7.11. The molecular weight excluding hydrogens is 320 g/mol. The molecule has 1 aliphatic heterocycles. The van der Waals surface area contributed by atoms with Gasteiger partial charge in [-0.25, -0.2) is 0 Å². The molecule has 5 nitrogen and oxygen atoms in total. The lowest BCUT2D eigenvalue weighted by molar-refractivity contribution is -0.124. The molecule has 2 aromatic rings. The molecule has 2 aromatic heterocycles. The molecule has 0 spiro atoms. The van der Waals surface area contributed by atoms with E-state index in [2.05, 4.69) is 45.1 Å². The van der Waals surface area contributed by atoms with Gasteiger partial charge in [-0.15, -0.1) is 11.3 Å². The standard InChI is InChI=1S/C18H26N4OS/c1-13(2)18(23)19-8-6-15-10-21(11-16-7-9-20-22(15)16)12-17-5-4-14(3)24-17/h4-5,7,9,13,15H,6,8,10-12H2,1-3H3,(H,19,23)/t15-/m0/s1. The predicted molar refractivity (Wildman–Crippen MR) is 96.9 cm³/mol. The van der Waals surface area contributed by atoms with Gasteiger partial charge < -0.3 is 5.32 Å². The van der Waals surface area contributed by atoms with Crippen molar-refractivity contribution in [3.8, 4) is 0 Å². The number of thiophene rings is 1. The first-order valence-corrected chi connectivity index (χ1v) is 9.42. The zero-order chi connectivity index (χ0) is 17.1. The maximum Gasteiger partial charge on any atom is 0.222 e. The van der Waals surface area contributed by atoms with Crippen molar-refractivity contribution in [1.29, 1.82) is 0 Å². The van der Waals surface area contributed by atoms with Gasteiger partial charge in [0.2, 0.25) is 5.91 Å². The van der Waals surface area contributed by atoms with Gasteiger partial charge in [0.05, 0.1) is 11.7 Å². The van der Waals surface area contributed by atoms with Crippen molar-refractivity contribution in [3.05, 3.63) is 39.8 Å². The van der Waals surface area contributed by atoms with Crippen LogP contribution in [0.25, 0.3) is 0 Å². The number of carbonyl (C=O) groups excluding carboxylic acids is 1. The molecule has 0 aliphatic carbocycles. The van der Waals surface area contributed by atoms with Crippen molar-refractivity contribution in [1.82, 2.24) is 20.0 Å². The minimum Gasteiger partial charge on any atom is -0.356 e. The smallest absolute Gasteiger partial charge is 0.222 e. The fourth-order valence-corrected chi connectivity index (χ4v) is 4.09. The molecule has 3 rings (SSSR count). The highest BCUT2D eigenvalue weighted by atomic mass is 32.1. The Morgan fingerprint density at radius 3 is 2.96 bits per heavy atom. The van der Waals surface area contributed by atoms with Crippen molar-refractivity contribution in [2.45, 2.75) is 46.3 Å². The number of fused-ring (bicyclic) bond motifs is 1. The second-order valence-electron chi connectivity index (χ2n) is 6.84. The van der Waals surface area contributed by atoms with Gasteiger partial charge >= 0.3 is 0 Å². The normalized spacial score (nSPS) is 17.9. The summed E-state index contributed by atoms with van der Waals surface area (Å²) in [5.74, 6) is 0.160. The zero-order valence-corrected chi connectivity index (χ0v) is 15.5. The Morgan fingerprint density at radius 1 is 1.42 bits per heavy atom. The van der Waals surface area contributed by atoms with Crippen LogP contribution in [0.2, 0.25) is 0 Å². The van der Waals surface area contributed by atoms with Crippen molar-refractivity contribution in [2.24, 2.45) is 5.92 Å². The van der Waals surface area contributed by atoms with E-state index in [4.69, 9.17) is 0 Å². The predicted octanol–water partition coefficient (Wildman–Crippen LogP) is 2.97. The number of aryl methyl sites for hydroxylation is 1. The van der Waals surface area contributed by atoms with E-state index in [9.17, 15) is 4.79 Å². The molecule has 0 aromatic carbocycles. The van der Waals surface area contributed by atoms with E-state index in [1.165, 1.54) is 15.4 Å². The molecule has 1 atom stereocenters. The molecule has 0 radical (unpaired) electrons. The van der Waals surface area contributed by atoms with Gasteiger partial charge in [-0.05, 0) is 31.5 Å². The number of nitrogens with zero attached hydrogens (tertiary/aromatic N) is 3. The molecule has 0 saturated heterocycles. The SMILES string of the molecule is Cc1ccc(CN2Cc3ccnn3[C@@H](CCNC(=O)C(C)C)C2)s1. The number of hydrogen-bond donors (Lipinski definition) is 1. The Bertz CT molecular complexity index is 691. The van der Waals surface area contributed by atoms with Crippen molar-refractivity contribution in [3.63, 3.8) is 0 Å². The summed E-state index contributed by atoms with van der Waals surface area (Å²) >= 11 is 1.87. The molecule has 3 heterocycles. The number of nitrogens with one attached hydrogen (secondary N) is 1. The molecule has 0 fully saturated rings. The molecule has 0 unspecified atom stereocenters. The molecular formula is C18H26N4OS. The first-order chi connectivity index (χ1) is 11.5. The van der Waals surface area contributed by atoms with E-state index < -0.39 is 0 Å². The maximum absolute atomic E-state index is 11.7. The summed E-state index contributed by atoms with van der Waals surface area (Å²) in [6.45, 7) is 9.60. The van der Waals surface area contributed by atoms with Gasteiger partial charge in [0.25, 0.3) is 0 Å².